The van der Waals surface area contributed by atoms with E-state index in [1.807, 2.05) is 11.8 Å². The zero-order chi connectivity index (χ0) is 22.8. The van der Waals surface area contributed by atoms with Crippen LogP contribution in [-0.4, -0.2) is 57.1 Å². The number of hydrogen-bond acceptors (Lipinski definition) is 7. The number of carboxylic acid groups (broad SMARTS) is 1. The number of anilines is 1. The van der Waals surface area contributed by atoms with E-state index in [0.29, 0.717) is 47.0 Å². The summed E-state index contributed by atoms with van der Waals surface area (Å²) in [7, 11) is 0. The molecule has 2 aromatic heterocycles. The molecule has 4 rings (SSSR count). The van der Waals surface area contributed by atoms with Gasteiger partial charge in [0.05, 0.1) is 27.5 Å². The number of carbonyl (C=O) groups excluding carboxylic acids is 1. The summed E-state index contributed by atoms with van der Waals surface area (Å²) in [5, 5.41) is 17.1. The molecular weight excluding hydrogens is 456 g/mol. The number of rotatable bonds is 6. The van der Waals surface area contributed by atoms with E-state index in [-0.39, 0.29) is 16.5 Å². The van der Waals surface area contributed by atoms with E-state index in [0.717, 1.165) is 0 Å². The number of imidazole rings is 1. The lowest BCUT2D eigenvalue weighted by Gasteiger charge is -2.36. The van der Waals surface area contributed by atoms with Crippen LogP contribution in [0, 0.1) is 0 Å². The fourth-order valence-electron chi connectivity index (χ4n) is 3.66. The molecule has 32 heavy (non-hydrogen) atoms. The van der Waals surface area contributed by atoms with E-state index < -0.39 is 24.0 Å². The molecule has 0 unspecified atom stereocenters. The molecule has 0 radical (unpaired) electrons. The maximum atomic E-state index is 12.6. The quantitative estimate of drug-likeness (QED) is 0.281. The minimum Gasteiger partial charge on any atom is -0.478 e. The van der Waals surface area contributed by atoms with Gasteiger partial charge in [0.1, 0.15) is 0 Å². The van der Waals surface area contributed by atoms with E-state index in [9.17, 15) is 14.7 Å². The van der Waals surface area contributed by atoms with Crippen molar-refractivity contribution < 1.29 is 14.7 Å². The number of carbonyl (C=O) groups is 2. The molecule has 1 aliphatic heterocycles. The van der Waals surface area contributed by atoms with Crippen molar-refractivity contribution in [2.45, 2.75) is 31.8 Å². The lowest BCUT2D eigenvalue weighted by molar-refractivity contribution is 0.0699. The molecule has 0 aliphatic carbocycles. The number of thiazole rings is 1. The standard InChI is InChI=1S/C19H19ClN8O3S/c1-2-10-15(20)25-16(22-10)17(29)23-11-6-7-28(8-13(11)26-27-21)19-24-12-5-3-4-9(18(30)31)14(12)32-19/h3-5,11,13H,2,6-8H2,1H3,(H,22,25)(H,23,29)(H,30,31)/t11-,13+/m0/s1. The second-order valence-corrected chi connectivity index (χ2v) is 8.59. The highest BCUT2D eigenvalue weighted by molar-refractivity contribution is 7.22. The third-order valence-electron chi connectivity index (χ3n) is 5.30. The van der Waals surface area contributed by atoms with Gasteiger partial charge < -0.3 is 20.3 Å². The monoisotopic (exact) mass is 474 g/mol. The van der Waals surface area contributed by atoms with Crippen molar-refractivity contribution in [3.8, 4) is 0 Å². The lowest BCUT2D eigenvalue weighted by Crippen LogP contribution is -2.53. The lowest BCUT2D eigenvalue weighted by atomic mass is 10.0. The number of amides is 1. The van der Waals surface area contributed by atoms with Gasteiger partial charge in [0.15, 0.2) is 16.1 Å². The maximum Gasteiger partial charge on any atom is 0.337 e. The van der Waals surface area contributed by atoms with Gasteiger partial charge in [-0.15, -0.1) is 0 Å². The molecule has 1 fully saturated rings. The topological polar surface area (TPSA) is 160 Å². The van der Waals surface area contributed by atoms with Crippen LogP contribution in [0.5, 0.6) is 0 Å². The van der Waals surface area contributed by atoms with Gasteiger partial charge in [0.25, 0.3) is 5.91 Å². The van der Waals surface area contributed by atoms with Crippen LogP contribution in [0.1, 0.15) is 40.0 Å². The Bertz CT molecular complexity index is 1230. The van der Waals surface area contributed by atoms with Crippen LogP contribution in [0.15, 0.2) is 23.3 Å². The average molecular weight is 475 g/mol. The van der Waals surface area contributed by atoms with Crippen LogP contribution in [0.2, 0.25) is 5.15 Å². The molecule has 0 spiro atoms. The van der Waals surface area contributed by atoms with Crippen molar-refractivity contribution in [1.82, 2.24) is 20.3 Å². The second-order valence-electron chi connectivity index (χ2n) is 7.25. The van der Waals surface area contributed by atoms with Gasteiger partial charge in [-0.2, -0.15) is 0 Å². The third kappa shape index (κ3) is 4.20. The van der Waals surface area contributed by atoms with E-state index >= 15 is 0 Å². The molecule has 13 heteroatoms. The molecule has 11 nitrogen and oxygen atoms in total. The fourth-order valence-corrected chi connectivity index (χ4v) is 5.04. The molecule has 0 saturated carbocycles. The highest BCUT2D eigenvalue weighted by Crippen LogP contribution is 2.33. The molecule has 1 amide bonds. The number of azide groups is 1. The van der Waals surface area contributed by atoms with Gasteiger partial charge in [-0.25, -0.2) is 14.8 Å². The zero-order valence-electron chi connectivity index (χ0n) is 16.9. The summed E-state index contributed by atoms with van der Waals surface area (Å²) in [6.07, 6.45) is 1.12. The molecule has 3 heterocycles. The predicted octanol–water partition coefficient (Wildman–Crippen LogP) is 3.62. The first-order valence-electron chi connectivity index (χ1n) is 9.88. The summed E-state index contributed by atoms with van der Waals surface area (Å²) in [6.45, 7) is 2.77. The van der Waals surface area contributed by atoms with Gasteiger partial charge in [-0.1, -0.05) is 41.0 Å². The molecule has 3 N–H and O–H groups in total. The molecule has 2 atom stereocenters. The molecule has 3 aromatic rings. The van der Waals surface area contributed by atoms with Crippen molar-refractivity contribution in [3.05, 3.63) is 50.9 Å². The molecule has 1 saturated heterocycles. The Labute approximate surface area is 191 Å². The number of H-pyrrole nitrogens is 1. The number of piperidine rings is 1. The zero-order valence-corrected chi connectivity index (χ0v) is 18.5. The van der Waals surface area contributed by atoms with Crippen LogP contribution in [0.4, 0.5) is 5.13 Å². The van der Waals surface area contributed by atoms with Gasteiger partial charge in [0.2, 0.25) is 0 Å². The number of aromatic carboxylic acids is 1. The Kier molecular flexibility index (Phi) is 6.17. The summed E-state index contributed by atoms with van der Waals surface area (Å²) >= 11 is 7.30. The van der Waals surface area contributed by atoms with E-state index in [1.165, 1.54) is 11.3 Å². The number of nitrogens with zero attached hydrogens (tertiary/aromatic N) is 6. The first-order valence-corrected chi connectivity index (χ1v) is 11.1. The number of aromatic amines is 1. The summed E-state index contributed by atoms with van der Waals surface area (Å²) in [5.41, 5.74) is 10.5. The van der Waals surface area contributed by atoms with Gasteiger partial charge >= 0.3 is 5.97 Å². The van der Waals surface area contributed by atoms with Crippen LogP contribution in [0.3, 0.4) is 0 Å². The number of nitrogens with one attached hydrogen (secondary N) is 2. The molecular formula is C19H19ClN8O3S. The summed E-state index contributed by atoms with van der Waals surface area (Å²) in [4.78, 5) is 40.5. The molecule has 0 bridgehead atoms. The van der Waals surface area contributed by atoms with Crippen molar-refractivity contribution in [2.24, 2.45) is 5.11 Å². The first-order chi connectivity index (χ1) is 15.4. The largest absolute Gasteiger partial charge is 0.478 e. The Balaban J connectivity index is 1.52. The summed E-state index contributed by atoms with van der Waals surface area (Å²) in [5.74, 6) is -1.32. The smallest absolute Gasteiger partial charge is 0.337 e. The van der Waals surface area contributed by atoms with Crippen molar-refractivity contribution in [1.29, 1.82) is 0 Å². The van der Waals surface area contributed by atoms with Crippen molar-refractivity contribution >= 4 is 50.2 Å². The minimum absolute atomic E-state index is 0.112. The van der Waals surface area contributed by atoms with E-state index in [1.54, 1.807) is 18.2 Å². The molecule has 1 aliphatic rings. The van der Waals surface area contributed by atoms with E-state index in [2.05, 4.69) is 30.3 Å². The van der Waals surface area contributed by atoms with Gasteiger partial charge in [0, 0.05) is 24.0 Å². The fraction of sp³-hybridized carbons (Fsp3) is 0.368. The number of aryl methyl sites for hydroxylation is 1. The molecule has 1 aromatic carbocycles. The number of aromatic nitrogens is 3. The van der Waals surface area contributed by atoms with Crippen LogP contribution < -0.4 is 10.2 Å². The number of carboxylic acids is 1. The SMILES string of the molecule is CCc1[nH]c(C(=O)N[C@H]2CCN(c3nc4cccc(C(=O)O)c4s3)C[C@H]2N=[N+]=[N-])nc1Cl. The maximum absolute atomic E-state index is 12.6. The minimum atomic E-state index is -1.01. The Hall–Kier alpha value is -3.34. The number of benzene rings is 1. The number of halogens is 1. The highest BCUT2D eigenvalue weighted by atomic mass is 35.5. The Morgan fingerprint density at radius 2 is 2.28 bits per heavy atom. The third-order valence-corrected chi connectivity index (χ3v) is 6.78. The van der Waals surface area contributed by atoms with Gasteiger partial charge in [-0.3, -0.25) is 4.79 Å². The van der Waals surface area contributed by atoms with E-state index in [4.69, 9.17) is 17.1 Å². The Morgan fingerprint density at radius 1 is 1.47 bits per heavy atom. The van der Waals surface area contributed by atoms with Gasteiger partial charge in [-0.05, 0) is 30.5 Å². The highest BCUT2D eigenvalue weighted by Gasteiger charge is 2.32. The normalized spacial score (nSPS) is 18.4. The number of hydrogen-bond donors (Lipinski definition) is 3. The summed E-state index contributed by atoms with van der Waals surface area (Å²) < 4.78 is 0.590. The average Bonchev–Trinajstić information content (AvgIpc) is 3.38. The van der Waals surface area contributed by atoms with Crippen molar-refractivity contribution in [3.63, 3.8) is 0 Å². The van der Waals surface area contributed by atoms with Crippen LogP contribution in [-0.2, 0) is 6.42 Å². The molecule has 166 valence electrons. The number of fused-ring (bicyclic) bond motifs is 1. The van der Waals surface area contributed by atoms with Crippen LogP contribution in [0.25, 0.3) is 20.7 Å². The van der Waals surface area contributed by atoms with Crippen molar-refractivity contribution in [2.75, 3.05) is 18.0 Å². The predicted molar refractivity (Wildman–Crippen MR) is 121 cm³/mol. The first kappa shape index (κ1) is 21.9. The Morgan fingerprint density at radius 3 is 2.97 bits per heavy atom. The summed E-state index contributed by atoms with van der Waals surface area (Å²) in [6, 6.07) is 4.03. The second kappa shape index (κ2) is 9.03. The van der Waals surface area contributed by atoms with Crippen LogP contribution >= 0.6 is 22.9 Å².